The summed E-state index contributed by atoms with van der Waals surface area (Å²) in [5.41, 5.74) is 1.18. The zero-order valence-electron chi connectivity index (χ0n) is 20.9. The van der Waals surface area contributed by atoms with Crippen LogP contribution in [0.25, 0.3) is 17.4 Å². The minimum atomic E-state index is -0.673. The van der Waals surface area contributed by atoms with E-state index in [9.17, 15) is 25.0 Å². The monoisotopic (exact) mass is 513 g/mol. The van der Waals surface area contributed by atoms with Gasteiger partial charge in [0.05, 0.1) is 24.7 Å². The van der Waals surface area contributed by atoms with Crippen LogP contribution >= 0.6 is 0 Å². The van der Waals surface area contributed by atoms with Crippen molar-refractivity contribution >= 4 is 23.6 Å². The molecule has 10 nitrogen and oxygen atoms in total. The number of imide groups is 1. The molecule has 0 fully saturated rings. The van der Waals surface area contributed by atoms with Crippen molar-refractivity contribution in [2.75, 3.05) is 20.8 Å². The Kier molecular flexibility index (Phi) is 7.39. The molecule has 2 heterocycles. The minimum Gasteiger partial charge on any atom is -0.493 e. The van der Waals surface area contributed by atoms with E-state index in [2.05, 4.69) is 0 Å². The molecule has 2 amide bonds. The van der Waals surface area contributed by atoms with Crippen molar-refractivity contribution < 1.29 is 28.4 Å². The second kappa shape index (κ2) is 10.8. The Hall–Kier alpha value is -5.17. The summed E-state index contributed by atoms with van der Waals surface area (Å²) in [6.07, 6.45) is 1.76. The summed E-state index contributed by atoms with van der Waals surface area (Å²) >= 11 is 0. The van der Waals surface area contributed by atoms with Gasteiger partial charge in [-0.1, -0.05) is 18.2 Å². The van der Waals surface area contributed by atoms with Gasteiger partial charge in [-0.15, -0.1) is 0 Å². The fraction of sp³-hybridized carbons (Fsp3) is 0.179. The molecule has 0 radical (unpaired) electrons. The second-order valence-electron chi connectivity index (χ2n) is 8.35. The highest BCUT2D eigenvalue weighted by molar-refractivity contribution is 6.19. The molecule has 38 heavy (non-hydrogen) atoms. The van der Waals surface area contributed by atoms with Crippen LogP contribution in [0.4, 0.5) is 5.69 Å². The number of nitro groups is 1. The number of furan rings is 1. The second-order valence-corrected chi connectivity index (χ2v) is 8.35. The van der Waals surface area contributed by atoms with Crippen molar-refractivity contribution in [3.63, 3.8) is 0 Å². The minimum absolute atomic E-state index is 0.0303. The SMILES string of the molecule is COc1ccc(CCN2C(=O)C(C#N)=C(C)/C(=C\c3ccc(-c4ccccc4[N+](=O)[O-])o3)C2=O)cc1OC. The molecule has 0 atom stereocenters. The first kappa shape index (κ1) is 25.9. The normalized spacial score (nSPS) is 14.6. The Bertz CT molecular complexity index is 1540. The van der Waals surface area contributed by atoms with E-state index in [4.69, 9.17) is 13.9 Å². The summed E-state index contributed by atoms with van der Waals surface area (Å²) in [6.45, 7) is 1.56. The van der Waals surface area contributed by atoms with Gasteiger partial charge in [0.1, 0.15) is 23.2 Å². The zero-order chi connectivity index (χ0) is 27.4. The van der Waals surface area contributed by atoms with Crippen LogP contribution in [0.2, 0.25) is 0 Å². The molecule has 192 valence electrons. The Labute approximate surface area is 218 Å². The van der Waals surface area contributed by atoms with Crippen LogP contribution in [0.1, 0.15) is 18.2 Å². The van der Waals surface area contributed by atoms with Crippen molar-refractivity contribution in [2.24, 2.45) is 0 Å². The van der Waals surface area contributed by atoms with Crippen molar-refractivity contribution in [3.8, 4) is 28.9 Å². The van der Waals surface area contributed by atoms with Crippen LogP contribution < -0.4 is 9.47 Å². The van der Waals surface area contributed by atoms with Crippen molar-refractivity contribution in [1.29, 1.82) is 5.26 Å². The molecule has 0 bridgehead atoms. The van der Waals surface area contributed by atoms with E-state index in [0.29, 0.717) is 17.9 Å². The number of hydrogen-bond donors (Lipinski definition) is 0. The van der Waals surface area contributed by atoms with E-state index in [1.165, 1.54) is 33.3 Å². The average molecular weight is 514 g/mol. The van der Waals surface area contributed by atoms with Gasteiger partial charge < -0.3 is 13.9 Å². The lowest BCUT2D eigenvalue weighted by molar-refractivity contribution is -0.384. The van der Waals surface area contributed by atoms with Gasteiger partial charge in [0.2, 0.25) is 0 Å². The highest BCUT2D eigenvalue weighted by Gasteiger charge is 2.35. The molecule has 0 saturated heterocycles. The van der Waals surface area contributed by atoms with Crippen molar-refractivity contribution in [1.82, 2.24) is 4.90 Å². The summed E-state index contributed by atoms with van der Waals surface area (Å²) in [4.78, 5) is 38.3. The standard InChI is InChI=1S/C28H23N3O7/c1-17-21(15-19-9-11-24(38-19)20-6-4-5-7-23(20)31(34)35)27(32)30(28(33)22(17)16-29)13-12-18-8-10-25(36-2)26(14-18)37-3/h4-11,14-15H,12-13H2,1-3H3/b21-15+. The molecular formula is C28H23N3O7. The summed E-state index contributed by atoms with van der Waals surface area (Å²) in [7, 11) is 3.04. The fourth-order valence-corrected chi connectivity index (χ4v) is 4.17. The van der Waals surface area contributed by atoms with Gasteiger partial charge in [-0.05, 0) is 60.9 Å². The van der Waals surface area contributed by atoms with Crippen LogP contribution in [-0.2, 0) is 16.0 Å². The Morgan fingerprint density at radius 1 is 1.05 bits per heavy atom. The molecule has 0 N–H and O–H groups in total. The fourth-order valence-electron chi connectivity index (χ4n) is 4.17. The highest BCUT2D eigenvalue weighted by atomic mass is 16.6. The van der Waals surface area contributed by atoms with Gasteiger partial charge in [-0.25, -0.2) is 0 Å². The molecule has 0 unspecified atom stereocenters. The molecule has 4 rings (SSSR count). The summed E-state index contributed by atoms with van der Waals surface area (Å²) in [5, 5.41) is 21.0. The molecule has 0 spiro atoms. The molecule has 1 aliphatic heterocycles. The van der Waals surface area contributed by atoms with Gasteiger partial charge in [0.15, 0.2) is 11.5 Å². The van der Waals surface area contributed by atoms with Crippen LogP contribution in [0.3, 0.4) is 0 Å². The number of nitro benzene ring substituents is 1. The lowest BCUT2D eigenvalue weighted by Crippen LogP contribution is -2.43. The zero-order valence-corrected chi connectivity index (χ0v) is 20.9. The molecule has 2 aromatic carbocycles. The van der Waals surface area contributed by atoms with Gasteiger partial charge in [0.25, 0.3) is 17.5 Å². The van der Waals surface area contributed by atoms with E-state index in [1.54, 1.807) is 48.5 Å². The Morgan fingerprint density at radius 3 is 2.47 bits per heavy atom. The Morgan fingerprint density at radius 2 is 1.79 bits per heavy atom. The van der Waals surface area contributed by atoms with Crippen LogP contribution in [-0.4, -0.2) is 42.4 Å². The Balaban J connectivity index is 1.64. The maximum atomic E-state index is 13.4. The number of carbonyl (C=O) groups excluding carboxylic acids is 2. The van der Waals surface area contributed by atoms with Crippen molar-refractivity contribution in [2.45, 2.75) is 13.3 Å². The lowest BCUT2D eigenvalue weighted by atomic mass is 9.94. The topological polar surface area (TPSA) is 136 Å². The van der Waals surface area contributed by atoms with Gasteiger partial charge in [-0.3, -0.25) is 24.6 Å². The summed E-state index contributed by atoms with van der Waals surface area (Å²) in [5.74, 6) is 0.310. The molecule has 0 aliphatic carbocycles. The van der Waals surface area contributed by atoms with E-state index in [0.717, 1.165) is 10.5 Å². The molecule has 0 saturated carbocycles. The maximum absolute atomic E-state index is 13.4. The predicted octanol–water partition coefficient (Wildman–Crippen LogP) is 4.71. The number of amides is 2. The quantitative estimate of drug-likeness (QED) is 0.183. The number of nitrogens with zero attached hydrogens (tertiary/aromatic N) is 3. The molecule has 1 aliphatic rings. The number of para-hydroxylation sites is 1. The first-order valence-electron chi connectivity index (χ1n) is 11.5. The van der Waals surface area contributed by atoms with E-state index in [-0.39, 0.29) is 46.0 Å². The average Bonchev–Trinajstić information content (AvgIpc) is 3.39. The number of methoxy groups -OCH3 is 2. The molecule has 10 heteroatoms. The van der Waals surface area contributed by atoms with E-state index < -0.39 is 16.7 Å². The van der Waals surface area contributed by atoms with Gasteiger partial charge in [0, 0.05) is 18.2 Å². The first-order valence-corrected chi connectivity index (χ1v) is 11.5. The van der Waals surface area contributed by atoms with E-state index in [1.807, 2.05) is 6.07 Å². The number of nitriles is 1. The van der Waals surface area contributed by atoms with Crippen LogP contribution in [0.5, 0.6) is 11.5 Å². The lowest BCUT2D eigenvalue weighted by Gasteiger charge is -2.27. The predicted molar refractivity (Wildman–Crippen MR) is 137 cm³/mol. The van der Waals surface area contributed by atoms with E-state index >= 15 is 0 Å². The van der Waals surface area contributed by atoms with Crippen LogP contribution in [0.15, 0.2) is 75.7 Å². The third-order valence-electron chi connectivity index (χ3n) is 6.18. The third-order valence-corrected chi connectivity index (χ3v) is 6.18. The molecule has 1 aromatic heterocycles. The van der Waals surface area contributed by atoms with Gasteiger partial charge in [-0.2, -0.15) is 5.26 Å². The number of benzene rings is 2. The number of carbonyl (C=O) groups is 2. The first-order chi connectivity index (χ1) is 18.3. The summed E-state index contributed by atoms with van der Waals surface area (Å²) in [6, 6.07) is 16.5. The van der Waals surface area contributed by atoms with Crippen molar-refractivity contribution in [3.05, 3.63) is 92.8 Å². The maximum Gasteiger partial charge on any atom is 0.280 e. The highest BCUT2D eigenvalue weighted by Crippen LogP contribution is 2.33. The van der Waals surface area contributed by atoms with Gasteiger partial charge >= 0.3 is 0 Å². The molecular weight excluding hydrogens is 490 g/mol. The largest absolute Gasteiger partial charge is 0.493 e. The number of hydrogen-bond acceptors (Lipinski definition) is 8. The molecule has 3 aromatic rings. The number of ether oxygens (including phenoxy) is 2. The third kappa shape index (κ3) is 4.90. The summed E-state index contributed by atoms with van der Waals surface area (Å²) < 4.78 is 16.4. The number of rotatable bonds is 8. The smallest absolute Gasteiger partial charge is 0.280 e. The van der Waals surface area contributed by atoms with Crippen LogP contribution in [0, 0.1) is 21.4 Å².